The molecule has 0 atom stereocenters. The van der Waals surface area contributed by atoms with Gasteiger partial charge in [0.25, 0.3) is 0 Å². The van der Waals surface area contributed by atoms with E-state index < -0.39 is 0 Å². The minimum atomic E-state index is 0.134. The molecule has 0 spiro atoms. The lowest BCUT2D eigenvalue weighted by Gasteiger charge is -2.02. The van der Waals surface area contributed by atoms with E-state index in [0.29, 0.717) is 0 Å². The first-order valence-electron chi connectivity index (χ1n) is 5.55. The Morgan fingerprint density at radius 1 is 1.33 bits per heavy atom. The number of nitrogens with zero attached hydrogens (tertiary/aromatic N) is 3. The van der Waals surface area contributed by atoms with Crippen molar-refractivity contribution in [1.82, 2.24) is 4.57 Å². The van der Waals surface area contributed by atoms with E-state index in [2.05, 4.69) is 17.6 Å². The Bertz CT molecular complexity index is 646. The average Bonchev–Trinajstić information content (AvgIpc) is 3.03. The van der Waals surface area contributed by atoms with Crippen molar-refractivity contribution >= 4 is 17.4 Å². The summed E-state index contributed by atoms with van der Waals surface area (Å²) in [6.45, 7) is 3.02. The van der Waals surface area contributed by atoms with Gasteiger partial charge in [0.1, 0.15) is 17.7 Å². The van der Waals surface area contributed by atoms with Crippen LogP contribution >= 0.6 is 11.3 Å². The monoisotopic (exact) mass is 253 g/mol. The third kappa shape index (κ3) is 2.34. The van der Waals surface area contributed by atoms with Crippen LogP contribution in [0, 0.1) is 22.7 Å². The lowest BCUT2D eigenvalue weighted by atomic mass is 10.2. The zero-order chi connectivity index (χ0) is 13.0. The van der Waals surface area contributed by atoms with Crippen LogP contribution in [0.1, 0.15) is 11.8 Å². The number of nitriles is 2. The van der Waals surface area contributed by atoms with Gasteiger partial charge in [0, 0.05) is 17.6 Å². The number of allylic oxidation sites excluding steroid dienone is 1. The van der Waals surface area contributed by atoms with E-state index in [0.717, 1.165) is 22.0 Å². The second kappa shape index (κ2) is 5.35. The quantitative estimate of drug-likeness (QED) is 0.784. The molecule has 0 aliphatic rings. The Hall–Kier alpha value is -2.30. The second-order valence-electron chi connectivity index (χ2n) is 3.66. The number of thiophene rings is 1. The highest BCUT2D eigenvalue weighted by Gasteiger charge is 2.06. The van der Waals surface area contributed by atoms with Gasteiger partial charge in [-0.1, -0.05) is 0 Å². The molecule has 2 aromatic rings. The summed E-state index contributed by atoms with van der Waals surface area (Å²) in [6, 6.07) is 11.8. The molecule has 0 fully saturated rings. The van der Waals surface area contributed by atoms with Gasteiger partial charge in [-0.3, -0.25) is 0 Å². The molecule has 0 saturated carbocycles. The molecule has 0 N–H and O–H groups in total. The molecule has 0 aliphatic carbocycles. The van der Waals surface area contributed by atoms with Crippen molar-refractivity contribution in [3.8, 4) is 22.7 Å². The summed E-state index contributed by atoms with van der Waals surface area (Å²) in [5, 5.41) is 17.4. The van der Waals surface area contributed by atoms with Crippen LogP contribution in [-0.4, -0.2) is 4.57 Å². The Balaban J connectivity index is 2.36. The molecule has 0 radical (unpaired) electrons. The molecule has 2 heterocycles. The fraction of sp³-hybridized carbons (Fsp3) is 0.143. The van der Waals surface area contributed by atoms with Crippen LogP contribution in [0.4, 0.5) is 0 Å². The fourth-order valence-corrected chi connectivity index (χ4v) is 2.71. The highest BCUT2D eigenvalue weighted by molar-refractivity contribution is 7.16. The lowest BCUT2D eigenvalue weighted by Crippen LogP contribution is -1.92. The SMILES string of the molecule is CCn1cccc1-c1ccc(C=C(C#N)C#N)s1. The summed E-state index contributed by atoms with van der Waals surface area (Å²) >= 11 is 1.58. The number of hydrogen-bond donors (Lipinski definition) is 0. The molecule has 0 aliphatic heterocycles. The fourth-order valence-electron chi connectivity index (χ4n) is 1.71. The number of rotatable bonds is 3. The molecule has 0 unspecified atom stereocenters. The molecule has 88 valence electrons. The number of aryl methyl sites for hydroxylation is 1. The summed E-state index contributed by atoms with van der Waals surface area (Å²) in [5.74, 6) is 0. The van der Waals surface area contributed by atoms with E-state index in [1.807, 2.05) is 36.5 Å². The van der Waals surface area contributed by atoms with E-state index in [-0.39, 0.29) is 5.57 Å². The van der Waals surface area contributed by atoms with Crippen molar-refractivity contribution in [2.45, 2.75) is 13.5 Å². The van der Waals surface area contributed by atoms with Crippen molar-refractivity contribution < 1.29 is 0 Å². The molecule has 4 heteroatoms. The summed E-state index contributed by atoms with van der Waals surface area (Å²) in [6.07, 6.45) is 3.66. The largest absolute Gasteiger partial charge is 0.347 e. The molecule has 0 amide bonds. The van der Waals surface area contributed by atoms with E-state index in [4.69, 9.17) is 10.5 Å². The molecule has 18 heavy (non-hydrogen) atoms. The van der Waals surface area contributed by atoms with Crippen LogP contribution < -0.4 is 0 Å². The Kier molecular flexibility index (Phi) is 3.62. The van der Waals surface area contributed by atoms with Crippen LogP contribution in [0.5, 0.6) is 0 Å². The topological polar surface area (TPSA) is 52.5 Å². The van der Waals surface area contributed by atoms with Gasteiger partial charge < -0.3 is 4.57 Å². The smallest absolute Gasteiger partial charge is 0.131 e. The Labute approximate surface area is 110 Å². The number of aromatic nitrogens is 1. The van der Waals surface area contributed by atoms with Crippen molar-refractivity contribution in [2.24, 2.45) is 0 Å². The van der Waals surface area contributed by atoms with Gasteiger partial charge >= 0.3 is 0 Å². The van der Waals surface area contributed by atoms with Crippen molar-refractivity contribution in [2.75, 3.05) is 0 Å². The molecular weight excluding hydrogens is 242 g/mol. The Morgan fingerprint density at radius 3 is 2.78 bits per heavy atom. The van der Waals surface area contributed by atoms with Gasteiger partial charge in [0.05, 0.1) is 10.6 Å². The van der Waals surface area contributed by atoms with E-state index in [1.165, 1.54) is 0 Å². The highest BCUT2D eigenvalue weighted by Crippen LogP contribution is 2.29. The van der Waals surface area contributed by atoms with E-state index in [9.17, 15) is 0 Å². The van der Waals surface area contributed by atoms with Crippen molar-refractivity contribution in [1.29, 1.82) is 10.5 Å². The first-order valence-corrected chi connectivity index (χ1v) is 6.37. The van der Waals surface area contributed by atoms with Crippen LogP contribution in [0.3, 0.4) is 0 Å². The van der Waals surface area contributed by atoms with Crippen LogP contribution in [0.15, 0.2) is 36.0 Å². The molecule has 2 aromatic heterocycles. The summed E-state index contributed by atoms with van der Waals surface area (Å²) in [5.41, 5.74) is 1.30. The molecule has 3 nitrogen and oxygen atoms in total. The third-order valence-corrected chi connectivity index (χ3v) is 3.63. The van der Waals surface area contributed by atoms with Gasteiger partial charge in [-0.15, -0.1) is 11.3 Å². The van der Waals surface area contributed by atoms with Crippen LogP contribution in [0.2, 0.25) is 0 Å². The highest BCUT2D eigenvalue weighted by atomic mass is 32.1. The molecular formula is C14H11N3S. The first kappa shape index (κ1) is 12.2. The minimum Gasteiger partial charge on any atom is -0.347 e. The zero-order valence-electron chi connectivity index (χ0n) is 9.92. The van der Waals surface area contributed by atoms with Crippen LogP contribution in [-0.2, 0) is 6.54 Å². The third-order valence-electron chi connectivity index (χ3n) is 2.58. The predicted octanol–water partition coefficient (Wildman–Crippen LogP) is 3.67. The summed E-state index contributed by atoms with van der Waals surface area (Å²) < 4.78 is 2.16. The maximum Gasteiger partial charge on any atom is 0.131 e. The second-order valence-corrected chi connectivity index (χ2v) is 4.78. The minimum absolute atomic E-state index is 0.134. The molecule has 0 bridgehead atoms. The number of hydrogen-bond acceptors (Lipinski definition) is 3. The van der Waals surface area contributed by atoms with Gasteiger partial charge in [-0.2, -0.15) is 10.5 Å². The molecule has 2 rings (SSSR count). The van der Waals surface area contributed by atoms with Crippen molar-refractivity contribution in [3.05, 3.63) is 40.9 Å². The van der Waals surface area contributed by atoms with Gasteiger partial charge in [0.15, 0.2) is 0 Å². The summed E-state index contributed by atoms with van der Waals surface area (Å²) in [7, 11) is 0. The van der Waals surface area contributed by atoms with E-state index in [1.54, 1.807) is 17.4 Å². The maximum atomic E-state index is 8.72. The zero-order valence-corrected chi connectivity index (χ0v) is 10.7. The normalized spacial score (nSPS) is 9.50. The summed E-state index contributed by atoms with van der Waals surface area (Å²) in [4.78, 5) is 2.07. The molecule has 0 aromatic carbocycles. The van der Waals surface area contributed by atoms with Crippen molar-refractivity contribution in [3.63, 3.8) is 0 Å². The molecule has 0 saturated heterocycles. The predicted molar refractivity (Wildman–Crippen MR) is 72.6 cm³/mol. The van der Waals surface area contributed by atoms with E-state index >= 15 is 0 Å². The maximum absolute atomic E-state index is 8.72. The van der Waals surface area contributed by atoms with Gasteiger partial charge in [-0.25, -0.2) is 0 Å². The standard InChI is InChI=1S/C14H11N3S/c1-2-17-7-3-4-13(17)14-6-5-12(18-14)8-11(9-15)10-16/h3-8H,2H2,1H3. The lowest BCUT2D eigenvalue weighted by molar-refractivity contribution is 0.778. The Morgan fingerprint density at radius 2 is 2.11 bits per heavy atom. The van der Waals surface area contributed by atoms with Gasteiger partial charge in [-0.05, 0) is 37.3 Å². The van der Waals surface area contributed by atoms with Gasteiger partial charge in [0.2, 0.25) is 0 Å². The first-order chi connectivity index (χ1) is 8.78. The average molecular weight is 253 g/mol. The van der Waals surface area contributed by atoms with Crippen LogP contribution in [0.25, 0.3) is 16.6 Å².